The van der Waals surface area contributed by atoms with Crippen LogP contribution in [0.25, 0.3) is 0 Å². The van der Waals surface area contributed by atoms with Gasteiger partial charge in [0, 0.05) is 18.2 Å². The van der Waals surface area contributed by atoms with Crippen molar-refractivity contribution in [2.24, 2.45) is 0 Å². The number of benzene rings is 1. The molecule has 0 saturated heterocycles. The predicted octanol–water partition coefficient (Wildman–Crippen LogP) is 2.29. The molecule has 0 saturated carbocycles. The van der Waals surface area contributed by atoms with Gasteiger partial charge in [0.2, 0.25) is 0 Å². The SMILES string of the molecule is C/C(=C/CNC1CCc2ccccc21)C(=O)O. The summed E-state index contributed by atoms with van der Waals surface area (Å²) < 4.78 is 0. The number of rotatable bonds is 4. The Morgan fingerprint density at radius 2 is 2.29 bits per heavy atom. The summed E-state index contributed by atoms with van der Waals surface area (Å²) in [6.07, 6.45) is 3.93. The minimum atomic E-state index is -0.848. The van der Waals surface area contributed by atoms with Crippen molar-refractivity contribution >= 4 is 5.97 Å². The molecule has 17 heavy (non-hydrogen) atoms. The number of carboxylic acids is 1. The molecule has 0 bridgehead atoms. The number of hydrogen-bond donors (Lipinski definition) is 2. The highest BCUT2D eigenvalue weighted by Crippen LogP contribution is 2.30. The van der Waals surface area contributed by atoms with Gasteiger partial charge >= 0.3 is 5.97 Å². The van der Waals surface area contributed by atoms with Crippen molar-refractivity contribution in [1.82, 2.24) is 5.32 Å². The van der Waals surface area contributed by atoms with Crippen molar-refractivity contribution in [1.29, 1.82) is 0 Å². The molecule has 0 spiro atoms. The molecule has 0 amide bonds. The van der Waals surface area contributed by atoms with Gasteiger partial charge in [-0.05, 0) is 30.9 Å². The molecule has 90 valence electrons. The highest BCUT2D eigenvalue weighted by atomic mass is 16.4. The molecule has 0 fully saturated rings. The van der Waals surface area contributed by atoms with Crippen LogP contribution < -0.4 is 5.32 Å². The van der Waals surface area contributed by atoms with E-state index >= 15 is 0 Å². The summed E-state index contributed by atoms with van der Waals surface area (Å²) in [5, 5.41) is 12.1. The molecule has 1 aromatic carbocycles. The summed E-state index contributed by atoms with van der Waals surface area (Å²) in [4.78, 5) is 10.6. The lowest BCUT2D eigenvalue weighted by atomic mass is 10.1. The number of carbonyl (C=O) groups is 1. The molecule has 0 aromatic heterocycles. The summed E-state index contributed by atoms with van der Waals surface area (Å²) in [6, 6.07) is 8.79. The van der Waals surface area contributed by atoms with E-state index in [2.05, 4.69) is 29.6 Å². The lowest BCUT2D eigenvalue weighted by molar-refractivity contribution is -0.132. The van der Waals surface area contributed by atoms with Crippen LogP contribution in [0.1, 0.15) is 30.5 Å². The predicted molar refractivity (Wildman–Crippen MR) is 66.9 cm³/mol. The van der Waals surface area contributed by atoms with Crippen LogP contribution in [-0.4, -0.2) is 17.6 Å². The Morgan fingerprint density at radius 1 is 1.53 bits per heavy atom. The van der Waals surface area contributed by atoms with E-state index in [0.717, 1.165) is 12.8 Å². The van der Waals surface area contributed by atoms with E-state index in [9.17, 15) is 4.79 Å². The van der Waals surface area contributed by atoms with E-state index in [1.54, 1.807) is 13.0 Å². The second kappa shape index (κ2) is 5.15. The average Bonchev–Trinajstić information content (AvgIpc) is 2.72. The minimum absolute atomic E-state index is 0.365. The molecule has 1 aromatic rings. The highest BCUT2D eigenvalue weighted by molar-refractivity contribution is 5.85. The van der Waals surface area contributed by atoms with Gasteiger partial charge in [-0.2, -0.15) is 0 Å². The quantitative estimate of drug-likeness (QED) is 0.782. The number of nitrogens with one attached hydrogen (secondary N) is 1. The molecule has 0 aliphatic heterocycles. The Kier molecular flexibility index (Phi) is 3.59. The van der Waals surface area contributed by atoms with Crippen LogP contribution in [-0.2, 0) is 11.2 Å². The lowest BCUT2D eigenvalue weighted by Crippen LogP contribution is -2.19. The van der Waals surface area contributed by atoms with Gasteiger partial charge in [0.1, 0.15) is 0 Å². The largest absolute Gasteiger partial charge is 0.478 e. The molecule has 1 aliphatic rings. The first kappa shape index (κ1) is 11.9. The molecule has 1 unspecified atom stereocenters. The summed E-state index contributed by atoms with van der Waals surface area (Å²) in [6.45, 7) is 2.23. The topological polar surface area (TPSA) is 49.3 Å². The monoisotopic (exact) mass is 231 g/mol. The fourth-order valence-electron chi connectivity index (χ4n) is 2.21. The molecule has 1 atom stereocenters. The Balaban J connectivity index is 1.94. The Morgan fingerprint density at radius 3 is 3.06 bits per heavy atom. The molecular weight excluding hydrogens is 214 g/mol. The van der Waals surface area contributed by atoms with Gasteiger partial charge in [0.15, 0.2) is 0 Å². The summed E-state index contributed by atoms with van der Waals surface area (Å²) in [5.74, 6) is -0.848. The number of aryl methyl sites for hydroxylation is 1. The van der Waals surface area contributed by atoms with Crippen molar-refractivity contribution in [2.75, 3.05) is 6.54 Å². The second-order valence-corrected chi connectivity index (χ2v) is 4.39. The number of hydrogen-bond acceptors (Lipinski definition) is 2. The summed E-state index contributed by atoms with van der Waals surface area (Å²) in [7, 11) is 0. The smallest absolute Gasteiger partial charge is 0.330 e. The van der Waals surface area contributed by atoms with E-state index in [4.69, 9.17) is 5.11 Å². The lowest BCUT2D eigenvalue weighted by Gasteiger charge is -2.12. The third-order valence-corrected chi connectivity index (χ3v) is 3.24. The zero-order valence-electron chi connectivity index (χ0n) is 9.94. The molecule has 0 radical (unpaired) electrons. The number of fused-ring (bicyclic) bond motifs is 1. The van der Waals surface area contributed by atoms with E-state index in [1.165, 1.54) is 11.1 Å². The Labute approximate surface area is 101 Å². The molecule has 2 N–H and O–H groups in total. The summed E-state index contributed by atoms with van der Waals surface area (Å²) >= 11 is 0. The maximum absolute atomic E-state index is 10.6. The van der Waals surface area contributed by atoms with Crippen LogP contribution in [0.15, 0.2) is 35.9 Å². The minimum Gasteiger partial charge on any atom is -0.478 e. The van der Waals surface area contributed by atoms with Crippen LogP contribution in [0, 0.1) is 0 Å². The van der Waals surface area contributed by atoms with Gasteiger partial charge in [-0.15, -0.1) is 0 Å². The van der Waals surface area contributed by atoms with E-state index in [1.807, 2.05) is 0 Å². The molecule has 1 aliphatic carbocycles. The number of carboxylic acid groups (broad SMARTS) is 1. The van der Waals surface area contributed by atoms with Crippen LogP contribution in [0.2, 0.25) is 0 Å². The highest BCUT2D eigenvalue weighted by Gasteiger charge is 2.20. The van der Waals surface area contributed by atoms with Gasteiger partial charge in [-0.1, -0.05) is 30.3 Å². The Bertz CT molecular complexity index is 451. The maximum Gasteiger partial charge on any atom is 0.330 e. The van der Waals surface area contributed by atoms with Gasteiger partial charge in [-0.3, -0.25) is 0 Å². The zero-order valence-corrected chi connectivity index (χ0v) is 9.94. The van der Waals surface area contributed by atoms with E-state index < -0.39 is 5.97 Å². The van der Waals surface area contributed by atoms with Crippen molar-refractivity contribution in [3.05, 3.63) is 47.0 Å². The fourth-order valence-corrected chi connectivity index (χ4v) is 2.21. The summed E-state index contributed by atoms with van der Waals surface area (Å²) in [5.41, 5.74) is 3.15. The third-order valence-electron chi connectivity index (χ3n) is 3.24. The van der Waals surface area contributed by atoms with Crippen molar-refractivity contribution in [2.45, 2.75) is 25.8 Å². The van der Waals surface area contributed by atoms with Crippen molar-refractivity contribution in [3.63, 3.8) is 0 Å². The first-order chi connectivity index (χ1) is 8.18. The van der Waals surface area contributed by atoms with Gasteiger partial charge < -0.3 is 10.4 Å². The first-order valence-corrected chi connectivity index (χ1v) is 5.89. The van der Waals surface area contributed by atoms with Gasteiger partial charge in [0.25, 0.3) is 0 Å². The van der Waals surface area contributed by atoms with Crippen molar-refractivity contribution in [3.8, 4) is 0 Å². The number of aliphatic carboxylic acids is 1. The second-order valence-electron chi connectivity index (χ2n) is 4.39. The molecule has 3 nitrogen and oxygen atoms in total. The Hall–Kier alpha value is -1.61. The van der Waals surface area contributed by atoms with Crippen LogP contribution >= 0.6 is 0 Å². The molecule has 3 heteroatoms. The van der Waals surface area contributed by atoms with Gasteiger partial charge in [0.05, 0.1) is 0 Å². The third kappa shape index (κ3) is 2.74. The average molecular weight is 231 g/mol. The fraction of sp³-hybridized carbons (Fsp3) is 0.357. The van der Waals surface area contributed by atoms with E-state index in [0.29, 0.717) is 18.2 Å². The van der Waals surface area contributed by atoms with E-state index in [-0.39, 0.29) is 0 Å². The van der Waals surface area contributed by atoms with Crippen LogP contribution in [0.4, 0.5) is 0 Å². The van der Waals surface area contributed by atoms with Crippen molar-refractivity contribution < 1.29 is 9.90 Å². The zero-order chi connectivity index (χ0) is 12.3. The van der Waals surface area contributed by atoms with Gasteiger partial charge in [-0.25, -0.2) is 4.79 Å². The molecule has 0 heterocycles. The van der Waals surface area contributed by atoms with Crippen LogP contribution in [0.5, 0.6) is 0 Å². The molecular formula is C14H17NO2. The maximum atomic E-state index is 10.6. The van der Waals surface area contributed by atoms with Crippen LogP contribution in [0.3, 0.4) is 0 Å². The normalized spacial score (nSPS) is 19.1. The standard InChI is InChI=1S/C14H17NO2/c1-10(14(16)17)8-9-15-13-7-6-11-4-2-3-5-12(11)13/h2-5,8,13,15H,6-7,9H2,1H3,(H,16,17)/b10-8-. The molecule has 2 rings (SSSR count). The first-order valence-electron chi connectivity index (χ1n) is 5.89.